The number of aromatic nitrogens is 4. The van der Waals surface area contributed by atoms with Crippen LogP contribution in [0.4, 0.5) is 5.95 Å². The molecule has 2 N–H and O–H groups in total. The normalized spacial score (nSPS) is 15.1. The van der Waals surface area contributed by atoms with Crippen LogP contribution in [0.5, 0.6) is 0 Å². The lowest BCUT2D eigenvalue weighted by atomic mass is 10.2. The minimum atomic E-state index is 0.168. The van der Waals surface area contributed by atoms with E-state index in [2.05, 4.69) is 27.1 Å². The first-order chi connectivity index (χ1) is 8.24. The lowest BCUT2D eigenvalue weighted by molar-refractivity contribution is 0.630. The highest BCUT2D eigenvalue weighted by Crippen LogP contribution is 2.21. The van der Waals surface area contributed by atoms with Gasteiger partial charge >= 0.3 is 0 Å². The fraction of sp³-hybridized carbons (Fsp3) is 0.182. The van der Waals surface area contributed by atoms with Crippen molar-refractivity contribution in [2.45, 2.75) is 6.54 Å². The lowest BCUT2D eigenvalue weighted by Crippen LogP contribution is -2.06. The highest BCUT2D eigenvalue weighted by molar-refractivity contribution is 6.33. The summed E-state index contributed by atoms with van der Waals surface area (Å²) in [5, 5.41) is 0.295. The van der Waals surface area contributed by atoms with E-state index in [1.807, 2.05) is 16.7 Å². The summed E-state index contributed by atoms with van der Waals surface area (Å²) in [7, 11) is 0. The zero-order valence-corrected chi connectivity index (χ0v) is 9.67. The van der Waals surface area contributed by atoms with E-state index in [4.69, 9.17) is 17.3 Å². The van der Waals surface area contributed by atoms with Gasteiger partial charge in [0, 0.05) is 12.5 Å². The van der Waals surface area contributed by atoms with E-state index in [1.54, 1.807) is 6.33 Å². The average Bonchev–Trinajstić information content (AvgIpc) is 2.89. The van der Waals surface area contributed by atoms with Gasteiger partial charge in [-0.3, -0.25) is 0 Å². The molecule has 0 amide bonds. The first-order valence-corrected chi connectivity index (χ1v) is 5.60. The predicted octanol–water partition coefficient (Wildman–Crippen LogP) is 1.80. The number of nitrogen functional groups attached to an aromatic ring is 1. The van der Waals surface area contributed by atoms with E-state index in [-0.39, 0.29) is 5.95 Å². The highest BCUT2D eigenvalue weighted by Gasteiger charge is 2.13. The zero-order chi connectivity index (χ0) is 11.8. The quantitative estimate of drug-likeness (QED) is 0.822. The maximum Gasteiger partial charge on any atom is 0.223 e. The van der Waals surface area contributed by atoms with Crippen molar-refractivity contribution in [3.63, 3.8) is 0 Å². The second-order valence-corrected chi connectivity index (χ2v) is 4.23. The highest BCUT2D eigenvalue weighted by atomic mass is 35.5. The monoisotopic (exact) mass is 247 g/mol. The Bertz CT molecular complexity index is 616. The molecule has 2 heterocycles. The van der Waals surface area contributed by atoms with Crippen LogP contribution in [-0.2, 0) is 6.54 Å². The second kappa shape index (κ2) is 3.85. The van der Waals surface area contributed by atoms with Gasteiger partial charge in [-0.2, -0.15) is 9.97 Å². The Balaban J connectivity index is 2.05. The summed E-state index contributed by atoms with van der Waals surface area (Å²) in [6, 6.07) is 0. The van der Waals surface area contributed by atoms with Crippen molar-refractivity contribution >= 4 is 28.7 Å². The summed E-state index contributed by atoms with van der Waals surface area (Å²) in [4.78, 5) is 12.3. The molecule has 0 atom stereocenters. The van der Waals surface area contributed by atoms with E-state index in [1.165, 1.54) is 0 Å². The number of allylic oxidation sites excluding steroid dienone is 4. The fourth-order valence-corrected chi connectivity index (χ4v) is 2.11. The summed E-state index contributed by atoms with van der Waals surface area (Å²) >= 11 is 5.96. The number of fused-ring (bicyclic) bond motifs is 1. The minimum Gasteiger partial charge on any atom is -0.368 e. The van der Waals surface area contributed by atoms with Crippen molar-refractivity contribution in [2.24, 2.45) is 5.92 Å². The molecule has 86 valence electrons. The molecule has 6 heteroatoms. The van der Waals surface area contributed by atoms with Crippen molar-refractivity contribution in [3.8, 4) is 0 Å². The molecule has 0 fully saturated rings. The van der Waals surface area contributed by atoms with E-state index < -0.39 is 0 Å². The fourth-order valence-electron chi connectivity index (χ4n) is 1.89. The molecule has 0 aromatic carbocycles. The van der Waals surface area contributed by atoms with Crippen LogP contribution in [0.15, 0.2) is 30.6 Å². The molecule has 5 nitrogen and oxygen atoms in total. The van der Waals surface area contributed by atoms with Crippen LogP contribution >= 0.6 is 11.6 Å². The molecule has 1 aliphatic rings. The Labute approximate surface area is 103 Å². The number of nitrogens with zero attached hydrogens (tertiary/aromatic N) is 4. The standard InChI is InChI=1S/C11H10ClN5/c12-9-8-10(16-11(13)15-9)17(6-14-8)5-7-3-1-2-4-7/h1-4,6-7H,5H2,(H2,13,15,16). The van der Waals surface area contributed by atoms with Crippen molar-refractivity contribution in [1.29, 1.82) is 0 Å². The van der Waals surface area contributed by atoms with Gasteiger partial charge in [0.1, 0.15) is 5.52 Å². The van der Waals surface area contributed by atoms with Gasteiger partial charge in [0.15, 0.2) is 10.8 Å². The van der Waals surface area contributed by atoms with E-state index in [0.29, 0.717) is 22.2 Å². The Kier molecular flexibility index (Phi) is 2.33. The Morgan fingerprint density at radius 2 is 2.06 bits per heavy atom. The molecule has 0 bridgehead atoms. The number of hydrogen-bond donors (Lipinski definition) is 1. The molecule has 3 rings (SSSR count). The maximum absolute atomic E-state index is 5.96. The minimum absolute atomic E-state index is 0.168. The molecule has 0 spiro atoms. The molecule has 0 radical (unpaired) electrons. The molecule has 17 heavy (non-hydrogen) atoms. The van der Waals surface area contributed by atoms with Gasteiger partial charge in [0.05, 0.1) is 6.33 Å². The van der Waals surface area contributed by atoms with Crippen LogP contribution in [-0.4, -0.2) is 19.5 Å². The van der Waals surface area contributed by atoms with Gasteiger partial charge in [0.25, 0.3) is 0 Å². The Morgan fingerprint density at radius 3 is 2.82 bits per heavy atom. The molecule has 0 unspecified atom stereocenters. The van der Waals surface area contributed by atoms with Gasteiger partial charge in [-0.1, -0.05) is 35.9 Å². The summed E-state index contributed by atoms with van der Waals surface area (Å²) in [6.45, 7) is 0.774. The SMILES string of the molecule is Nc1nc(Cl)c2ncn(CC3C=CC=C3)c2n1. The van der Waals surface area contributed by atoms with Crippen molar-refractivity contribution < 1.29 is 0 Å². The van der Waals surface area contributed by atoms with Crippen LogP contribution in [0, 0.1) is 5.92 Å². The van der Waals surface area contributed by atoms with Crippen LogP contribution in [0.2, 0.25) is 5.15 Å². The van der Waals surface area contributed by atoms with Crippen LogP contribution < -0.4 is 5.73 Å². The topological polar surface area (TPSA) is 69.6 Å². The zero-order valence-electron chi connectivity index (χ0n) is 8.92. The number of anilines is 1. The third kappa shape index (κ3) is 1.78. The van der Waals surface area contributed by atoms with Gasteiger partial charge < -0.3 is 10.3 Å². The average molecular weight is 248 g/mol. The lowest BCUT2D eigenvalue weighted by Gasteiger charge is -2.07. The summed E-state index contributed by atoms with van der Waals surface area (Å²) in [5.41, 5.74) is 6.85. The molecule has 0 saturated carbocycles. The molecule has 2 aromatic rings. The summed E-state index contributed by atoms with van der Waals surface area (Å²) < 4.78 is 1.93. The third-order valence-corrected chi connectivity index (χ3v) is 2.94. The van der Waals surface area contributed by atoms with E-state index in [9.17, 15) is 0 Å². The Morgan fingerprint density at radius 1 is 1.29 bits per heavy atom. The first-order valence-electron chi connectivity index (χ1n) is 5.23. The molecule has 1 aliphatic carbocycles. The van der Waals surface area contributed by atoms with Gasteiger partial charge in [-0.25, -0.2) is 4.98 Å². The largest absolute Gasteiger partial charge is 0.368 e. The van der Waals surface area contributed by atoms with Crippen LogP contribution in [0.25, 0.3) is 11.2 Å². The van der Waals surface area contributed by atoms with Gasteiger partial charge in [0.2, 0.25) is 5.95 Å². The summed E-state index contributed by atoms with van der Waals surface area (Å²) in [5.74, 6) is 0.532. The Hall–Kier alpha value is -1.88. The maximum atomic E-state index is 5.96. The molecular formula is C11H10ClN5. The molecule has 0 aliphatic heterocycles. The number of halogens is 1. The van der Waals surface area contributed by atoms with Crippen LogP contribution in [0.3, 0.4) is 0 Å². The number of imidazole rings is 1. The molecule has 2 aromatic heterocycles. The third-order valence-electron chi connectivity index (χ3n) is 2.67. The number of nitrogens with two attached hydrogens (primary N) is 1. The number of rotatable bonds is 2. The number of hydrogen-bond acceptors (Lipinski definition) is 4. The molecule has 0 saturated heterocycles. The molecular weight excluding hydrogens is 238 g/mol. The first kappa shape index (κ1) is 10.3. The predicted molar refractivity (Wildman–Crippen MR) is 66.5 cm³/mol. The van der Waals surface area contributed by atoms with Crippen molar-refractivity contribution in [2.75, 3.05) is 5.73 Å². The van der Waals surface area contributed by atoms with E-state index in [0.717, 1.165) is 6.54 Å². The second-order valence-electron chi connectivity index (χ2n) is 3.88. The summed E-state index contributed by atoms with van der Waals surface area (Å²) in [6.07, 6.45) is 10.0. The van der Waals surface area contributed by atoms with Gasteiger partial charge in [-0.05, 0) is 0 Å². The smallest absolute Gasteiger partial charge is 0.223 e. The van der Waals surface area contributed by atoms with Crippen molar-refractivity contribution in [1.82, 2.24) is 19.5 Å². The van der Waals surface area contributed by atoms with Crippen LogP contribution in [0.1, 0.15) is 0 Å². The van der Waals surface area contributed by atoms with Crippen molar-refractivity contribution in [3.05, 3.63) is 35.8 Å². The van der Waals surface area contributed by atoms with E-state index >= 15 is 0 Å². The van der Waals surface area contributed by atoms with Gasteiger partial charge in [-0.15, -0.1) is 0 Å².